The van der Waals surface area contributed by atoms with E-state index in [1.807, 2.05) is 24.4 Å². The molecule has 5 rings (SSSR count). The van der Waals surface area contributed by atoms with Gasteiger partial charge in [-0.15, -0.1) is 0 Å². The number of primary amides is 1. The summed E-state index contributed by atoms with van der Waals surface area (Å²) in [5.74, 6) is 0.969. The molecule has 2 N–H and O–H groups in total. The highest BCUT2D eigenvalue weighted by Gasteiger charge is 2.40. The van der Waals surface area contributed by atoms with Crippen molar-refractivity contribution in [3.63, 3.8) is 0 Å². The first-order chi connectivity index (χ1) is 13.6. The van der Waals surface area contributed by atoms with E-state index < -0.39 is 0 Å². The first-order valence-electron chi connectivity index (χ1n) is 9.83. The van der Waals surface area contributed by atoms with Crippen LogP contribution < -0.4 is 10.5 Å². The maximum absolute atomic E-state index is 11.4. The molecule has 28 heavy (non-hydrogen) atoms. The molecular formula is C23H23N3O2. The van der Waals surface area contributed by atoms with Crippen molar-refractivity contribution in [2.75, 3.05) is 13.1 Å². The van der Waals surface area contributed by atoms with Gasteiger partial charge in [0.2, 0.25) is 0 Å². The number of aromatic nitrogens is 1. The lowest BCUT2D eigenvalue weighted by Gasteiger charge is -2.44. The average Bonchev–Trinajstić information content (AvgIpc) is 2.73. The van der Waals surface area contributed by atoms with E-state index in [-0.39, 0.29) is 11.6 Å². The van der Waals surface area contributed by atoms with E-state index in [1.54, 1.807) is 4.90 Å². The number of carbonyl (C=O) groups is 1. The first kappa shape index (κ1) is 17.0. The lowest BCUT2D eigenvalue weighted by molar-refractivity contribution is -0.00471. The quantitative estimate of drug-likeness (QED) is 0.697. The number of fused-ring (bicyclic) bond motifs is 2. The lowest BCUT2D eigenvalue weighted by atomic mass is 9.82. The third-order valence-corrected chi connectivity index (χ3v) is 6.15. The third kappa shape index (κ3) is 2.97. The molecule has 2 amide bonds. The maximum atomic E-state index is 11.4. The molecule has 1 spiro atoms. The van der Waals surface area contributed by atoms with Crippen LogP contribution in [0.4, 0.5) is 4.79 Å². The van der Waals surface area contributed by atoms with Crippen LogP contribution in [0.3, 0.4) is 0 Å². The fraction of sp³-hybridized carbons (Fsp3) is 0.304. The molecule has 3 heterocycles. The number of carbonyl (C=O) groups excluding carboxylic acids is 1. The highest BCUT2D eigenvalue weighted by atomic mass is 16.5. The van der Waals surface area contributed by atoms with E-state index in [0.29, 0.717) is 13.1 Å². The van der Waals surface area contributed by atoms with Gasteiger partial charge in [0.25, 0.3) is 0 Å². The van der Waals surface area contributed by atoms with E-state index in [9.17, 15) is 4.79 Å². The smallest absolute Gasteiger partial charge is 0.314 e. The number of hydrogen-bond donors (Lipinski definition) is 1. The molecule has 0 atom stereocenters. The Kier molecular flexibility index (Phi) is 3.97. The van der Waals surface area contributed by atoms with Gasteiger partial charge >= 0.3 is 6.03 Å². The second-order valence-corrected chi connectivity index (χ2v) is 7.85. The topological polar surface area (TPSA) is 68.5 Å². The summed E-state index contributed by atoms with van der Waals surface area (Å²) in [6, 6.07) is 16.5. The van der Waals surface area contributed by atoms with Gasteiger partial charge < -0.3 is 15.4 Å². The van der Waals surface area contributed by atoms with Crippen LogP contribution in [0.2, 0.25) is 0 Å². The van der Waals surface area contributed by atoms with Crippen LogP contribution in [0.1, 0.15) is 24.8 Å². The van der Waals surface area contributed by atoms with Crippen LogP contribution in [-0.2, 0) is 6.42 Å². The first-order valence-corrected chi connectivity index (χ1v) is 9.83. The summed E-state index contributed by atoms with van der Waals surface area (Å²) in [6.45, 7) is 1.34. The van der Waals surface area contributed by atoms with Crippen molar-refractivity contribution in [3.8, 4) is 16.9 Å². The Balaban J connectivity index is 1.39. The minimum Gasteiger partial charge on any atom is -0.487 e. The van der Waals surface area contributed by atoms with Gasteiger partial charge in [0.15, 0.2) is 0 Å². The lowest BCUT2D eigenvalue weighted by Crippen LogP contribution is -2.52. The van der Waals surface area contributed by atoms with Gasteiger partial charge in [-0.25, -0.2) is 4.79 Å². The largest absolute Gasteiger partial charge is 0.487 e. The highest BCUT2D eigenvalue weighted by molar-refractivity contribution is 5.83. The molecule has 0 unspecified atom stereocenters. The molecular weight excluding hydrogens is 350 g/mol. The summed E-state index contributed by atoms with van der Waals surface area (Å²) in [4.78, 5) is 17.7. The van der Waals surface area contributed by atoms with Gasteiger partial charge in [-0.05, 0) is 48.2 Å². The molecule has 2 aliphatic heterocycles. The number of piperidine rings is 1. The van der Waals surface area contributed by atoms with E-state index in [0.717, 1.165) is 47.9 Å². The molecule has 1 saturated heterocycles. The summed E-state index contributed by atoms with van der Waals surface area (Å²) >= 11 is 0. The molecule has 0 radical (unpaired) electrons. The van der Waals surface area contributed by atoms with Crippen molar-refractivity contribution >= 4 is 16.9 Å². The Morgan fingerprint density at radius 2 is 1.86 bits per heavy atom. The van der Waals surface area contributed by atoms with Gasteiger partial charge in [-0.3, -0.25) is 4.98 Å². The molecule has 0 saturated carbocycles. The molecule has 5 nitrogen and oxygen atoms in total. The van der Waals surface area contributed by atoms with E-state index >= 15 is 0 Å². The Labute approximate surface area is 164 Å². The van der Waals surface area contributed by atoms with Crippen molar-refractivity contribution in [2.45, 2.75) is 31.3 Å². The van der Waals surface area contributed by atoms with Gasteiger partial charge in [-0.1, -0.05) is 24.3 Å². The average molecular weight is 373 g/mol. The molecule has 142 valence electrons. The molecule has 2 aliphatic rings. The minimum absolute atomic E-state index is 0.162. The summed E-state index contributed by atoms with van der Waals surface area (Å²) in [6.07, 6.45) is 5.58. The monoisotopic (exact) mass is 373 g/mol. The molecule has 0 aliphatic carbocycles. The summed E-state index contributed by atoms with van der Waals surface area (Å²) in [5.41, 5.74) is 9.79. The van der Waals surface area contributed by atoms with Gasteiger partial charge in [0.05, 0.1) is 5.52 Å². The van der Waals surface area contributed by atoms with Gasteiger partial charge in [0, 0.05) is 43.1 Å². The summed E-state index contributed by atoms with van der Waals surface area (Å²) in [7, 11) is 0. The normalized spacial score (nSPS) is 17.9. The van der Waals surface area contributed by atoms with Crippen LogP contribution in [0.25, 0.3) is 22.0 Å². The van der Waals surface area contributed by atoms with Gasteiger partial charge in [-0.2, -0.15) is 0 Å². The number of pyridine rings is 1. The number of rotatable bonds is 1. The van der Waals surface area contributed by atoms with Crippen molar-refractivity contribution in [3.05, 3.63) is 60.3 Å². The standard InChI is InChI=1S/C23H23N3O2/c24-22(27)26-11-9-23(10-12-26)8-7-18-13-16(5-6-21(18)28-23)19-14-17-3-1-2-4-20(17)25-15-19/h1-6,13-15H,7-12H2,(H2,24,27). The Hall–Kier alpha value is -3.08. The molecule has 2 aromatic carbocycles. The zero-order valence-electron chi connectivity index (χ0n) is 15.7. The zero-order chi connectivity index (χ0) is 19.1. The highest BCUT2D eigenvalue weighted by Crippen LogP contribution is 2.40. The number of likely N-dealkylation sites (tertiary alicyclic amines) is 1. The van der Waals surface area contributed by atoms with E-state index in [2.05, 4.69) is 35.3 Å². The second-order valence-electron chi connectivity index (χ2n) is 7.85. The van der Waals surface area contributed by atoms with Crippen LogP contribution in [0.15, 0.2) is 54.7 Å². The van der Waals surface area contributed by atoms with Crippen LogP contribution >= 0.6 is 0 Å². The Morgan fingerprint density at radius 3 is 2.68 bits per heavy atom. The van der Waals surface area contributed by atoms with E-state index in [4.69, 9.17) is 10.5 Å². The number of aryl methyl sites for hydroxylation is 1. The Bertz CT molecular complexity index is 1050. The van der Waals surface area contributed by atoms with Crippen LogP contribution in [0, 0.1) is 0 Å². The van der Waals surface area contributed by atoms with Crippen LogP contribution in [-0.4, -0.2) is 34.6 Å². The predicted octanol–water partition coefficient (Wildman–Crippen LogP) is 4.14. The zero-order valence-corrected chi connectivity index (χ0v) is 15.7. The summed E-state index contributed by atoms with van der Waals surface area (Å²) in [5, 5.41) is 1.15. The summed E-state index contributed by atoms with van der Waals surface area (Å²) < 4.78 is 6.46. The molecule has 1 aromatic heterocycles. The number of benzene rings is 2. The third-order valence-electron chi connectivity index (χ3n) is 6.15. The SMILES string of the molecule is NC(=O)N1CCC2(CCc3cc(-c4cnc5ccccc5c4)ccc3O2)CC1. The molecule has 5 heteroatoms. The minimum atomic E-state index is -0.334. The number of para-hydroxylation sites is 1. The maximum Gasteiger partial charge on any atom is 0.314 e. The van der Waals surface area contributed by atoms with Crippen molar-refractivity contribution in [1.29, 1.82) is 0 Å². The van der Waals surface area contributed by atoms with Crippen molar-refractivity contribution in [2.24, 2.45) is 5.73 Å². The number of ether oxygens (including phenoxy) is 1. The second kappa shape index (κ2) is 6.51. The molecule has 0 bridgehead atoms. The number of urea groups is 1. The van der Waals surface area contributed by atoms with Crippen LogP contribution in [0.5, 0.6) is 5.75 Å². The number of amides is 2. The van der Waals surface area contributed by atoms with E-state index in [1.165, 1.54) is 11.1 Å². The number of nitrogens with two attached hydrogens (primary N) is 1. The van der Waals surface area contributed by atoms with Crippen molar-refractivity contribution < 1.29 is 9.53 Å². The number of nitrogens with zero attached hydrogens (tertiary/aromatic N) is 2. The molecule has 3 aromatic rings. The fourth-order valence-electron chi connectivity index (χ4n) is 4.42. The van der Waals surface area contributed by atoms with Crippen molar-refractivity contribution in [1.82, 2.24) is 9.88 Å². The fourth-order valence-corrected chi connectivity index (χ4v) is 4.42. The van der Waals surface area contributed by atoms with Gasteiger partial charge in [0.1, 0.15) is 11.4 Å². The number of hydrogen-bond acceptors (Lipinski definition) is 3. The predicted molar refractivity (Wildman–Crippen MR) is 109 cm³/mol. The molecule has 1 fully saturated rings. The Morgan fingerprint density at radius 1 is 1.04 bits per heavy atom.